The minimum Gasteiger partial charge on any atom is -0.369 e. The Hall–Kier alpha value is -3.75. The van der Waals surface area contributed by atoms with Crippen LogP contribution >= 0.6 is 0 Å². The van der Waals surface area contributed by atoms with Crippen molar-refractivity contribution in [2.24, 2.45) is 0 Å². The number of anilines is 2. The van der Waals surface area contributed by atoms with Crippen molar-refractivity contribution in [1.29, 1.82) is 5.26 Å². The van der Waals surface area contributed by atoms with Crippen molar-refractivity contribution in [3.05, 3.63) is 41.5 Å². The molecule has 0 spiro atoms. The third-order valence-corrected chi connectivity index (χ3v) is 8.25. The molecule has 1 saturated heterocycles. The van der Waals surface area contributed by atoms with E-state index >= 15 is 0 Å². The number of nitrogens with zero attached hydrogens (tertiary/aromatic N) is 9. The number of aryl methyl sites for hydroxylation is 2. The molecule has 1 aromatic carbocycles. The van der Waals surface area contributed by atoms with Crippen molar-refractivity contribution in [2.45, 2.75) is 58.0 Å². The Morgan fingerprint density at radius 2 is 1.90 bits per heavy atom. The molecule has 0 atom stereocenters. The van der Waals surface area contributed by atoms with Gasteiger partial charge in [0.2, 0.25) is 5.82 Å². The third kappa shape index (κ3) is 6.44. The van der Waals surface area contributed by atoms with E-state index in [2.05, 4.69) is 67.3 Å². The van der Waals surface area contributed by atoms with E-state index in [1.165, 1.54) is 11.3 Å². The molecule has 11 nitrogen and oxygen atoms in total. The molecule has 2 fully saturated rings. The second-order valence-corrected chi connectivity index (χ2v) is 11.5. The number of likely N-dealkylation sites (N-methyl/N-ethyl adjacent to an activating group) is 1. The Bertz CT molecular complexity index is 1400. The molecule has 0 unspecified atom stereocenters. The van der Waals surface area contributed by atoms with E-state index in [-0.39, 0.29) is 17.8 Å². The smallest absolute Gasteiger partial charge is 0.272 e. The van der Waals surface area contributed by atoms with Gasteiger partial charge in [-0.25, -0.2) is 9.99 Å². The van der Waals surface area contributed by atoms with Gasteiger partial charge in [-0.3, -0.25) is 10.2 Å². The molecule has 1 aliphatic carbocycles. The topological polar surface area (TPSA) is 109 Å². The van der Waals surface area contributed by atoms with E-state index in [1.807, 2.05) is 24.7 Å². The van der Waals surface area contributed by atoms with Gasteiger partial charge in [-0.2, -0.15) is 15.2 Å². The number of carbonyl (C=O) groups is 1. The van der Waals surface area contributed by atoms with Crippen LogP contribution in [-0.2, 0) is 13.0 Å². The summed E-state index contributed by atoms with van der Waals surface area (Å²) in [5, 5.41) is 11.4. The van der Waals surface area contributed by atoms with Crippen molar-refractivity contribution in [2.75, 3.05) is 64.2 Å². The van der Waals surface area contributed by atoms with Gasteiger partial charge in [0.05, 0.1) is 12.4 Å². The summed E-state index contributed by atoms with van der Waals surface area (Å²) in [7, 11) is 6.25. The molecule has 218 valence electrons. The number of hydrogen-bond donors (Lipinski definition) is 1. The Kier molecular flexibility index (Phi) is 9.00. The first kappa shape index (κ1) is 28.8. The maximum Gasteiger partial charge on any atom is 0.272 e. The largest absolute Gasteiger partial charge is 0.369 e. The lowest BCUT2D eigenvalue weighted by Crippen LogP contribution is -2.45. The Morgan fingerprint density at radius 1 is 1.15 bits per heavy atom. The second kappa shape index (κ2) is 12.8. The molecule has 1 N–H and O–H groups in total. The lowest BCUT2D eigenvalue weighted by Gasteiger charge is -2.35. The number of rotatable bonds is 10. The number of aromatic nitrogens is 4. The van der Waals surface area contributed by atoms with Gasteiger partial charge in [-0.15, -0.1) is 0 Å². The van der Waals surface area contributed by atoms with E-state index < -0.39 is 0 Å². The number of hydrogen-bond acceptors (Lipinski definition) is 9. The van der Waals surface area contributed by atoms with E-state index in [0.717, 1.165) is 77.8 Å². The summed E-state index contributed by atoms with van der Waals surface area (Å²) in [5.74, 6) is 0.355. The quantitative estimate of drug-likeness (QED) is 0.375. The molecule has 2 aliphatic rings. The molecule has 3 aromatic rings. The number of fused-ring (bicyclic) bond motifs is 1. The first-order valence-corrected chi connectivity index (χ1v) is 14.8. The normalized spacial score (nSPS) is 16.4. The predicted octanol–water partition coefficient (Wildman–Crippen LogP) is 3.38. The van der Waals surface area contributed by atoms with Crippen LogP contribution in [0, 0.1) is 11.3 Å². The standard InChI is InChI=1S/C30H42N10O/c1-5-22-19-23(11-12-25(22)38-17-15-37(4)16-18-38)30(41)40(24-9-6-7-10-24)35-28-27-29(34-26(20-31)33-28)39(21-32-27)14-8-13-36(2)3/h11-12,19,21,24H,5-10,13-18H2,1-4H3,(H,33,34,35). The van der Waals surface area contributed by atoms with E-state index in [0.29, 0.717) is 22.5 Å². The molecule has 5 rings (SSSR count). The van der Waals surface area contributed by atoms with E-state index in [4.69, 9.17) is 0 Å². The number of amides is 1. The SMILES string of the molecule is CCc1cc(C(=O)N(Nc2nc(C#N)nc3c2ncn3CCCN(C)C)C2CCCC2)ccc1N1CCN(C)CC1. The molecular formula is C30H42N10O. The molecule has 0 radical (unpaired) electrons. The number of piperazine rings is 1. The number of hydrazine groups is 1. The van der Waals surface area contributed by atoms with Gasteiger partial charge in [-0.05, 0) is 77.1 Å². The maximum atomic E-state index is 14.1. The minimum absolute atomic E-state index is 0.0302. The van der Waals surface area contributed by atoms with Crippen LogP contribution in [0.1, 0.15) is 60.8 Å². The number of nitriles is 1. The minimum atomic E-state index is -0.0905. The highest BCUT2D eigenvalue weighted by Crippen LogP contribution is 2.29. The number of carbonyl (C=O) groups excluding carboxylic acids is 1. The highest BCUT2D eigenvalue weighted by Gasteiger charge is 2.30. The van der Waals surface area contributed by atoms with Crippen LogP contribution in [-0.4, -0.2) is 100 Å². The average Bonchev–Trinajstić information content (AvgIpc) is 3.66. The van der Waals surface area contributed by atoms with Gasteiger partial charge in [0, 0.05) is 44.0 Å². The van der Waals surface area contributed by atoms with Crippen molar-refractivity contribution < 1.29 is 4.79 Å². The fraction of sp³-hybridized carbons (Fsp3) is 0.567. The van der Waals surface area contributed by atoms with Gasteiger partial charge in [-0.1, -0.05) is 19.8 Å². The second-order valence-electron chi connectivity index (χ2n) is 11.5. The molecule has 41 heavy (non-hydrogen) atoms. The Labute approximate surface area is 242 Å². The molecule has 1 saturated carbocycles. The lowest BCUT2D eigenvalue weighted by molar-refractivity contribution is 0.0732. The summed E-state index contributed by atoms with van der Waals surface area (Å²) >= 11 is 0. The molecule has 0 bridgehead atoms. The zero-order valence-electron chi connectivity index (χ0n) is 24.8. The number of imidazole rings is 1. The van der Waals surface area contributed by atoms with Gasteiger partial charge in [0.1, 0.15) is 6.07 Å². The monoisotopic (exact) mass is 558 g/mol. The van der Waals surface area contributed by atoms with Crippen molar-refractivity contribution in [1.82, 2.24) is 34.3 Å². The van der Waals surface area contributed by atoms with Gasteiger partial charge < -0.3 is 19.3 Å². The maximum absolute atomic E-state index is 14.1. The van der Waals surface area contributed by atoms with Gasteiger partial charge >= 0.3 is 0 Å². The molecule has 11 heteroatoms. The summed E-state index contributed by atoms with van der Waals surface area (Å²) in [4.78, 5) is 34.6. The first-order valence-electron chi connectivity index (χ1n) is 14.8. The molecule has 2 aromatic heterocycles. The Balaban J connectivity index is 1.45. The van der Waals surface area contributed by atoms with Gasteiger partial charge in [0.25, 0.3) is 5.91 Å². The van der Waals surface area contributed by atoms with Crippen LogP contribution in [0.15, 0.2) is 24.5 Å². The van der Waals surface area contributed by atoms with Crippen molar-refractivity contribution in [3.63, 3.8) is 0 Å². The summed E-state index contributed by atoms with van der Waals surface area (Å²) in [5.41, 5.74) is 7.53. The molecular weight excluding hydrogens is 516 g/mol. The van der Waals surface area contributed by atoms with Crippen molar-refractivity contribution >= 4 is 28.6 Å². The predicted molar refractivity (Wildman–Crippen MR) is 161 cm³/mol. The summed E-state index contributed by atoms with van der Waals surface area (Å²) in [6, 6.07) is 8.23. The molecule has 3 heterocycles. The number of nitrogens with one attached hydrogen (secondary N) is 1. The van der Waals surface area contributed by atoms with Crippen LogP contribution in [0.3, 0.4) is 0 Å². The zero-order valence-corrected chi connectivity index (χ0v) is 24.8. The van der Waals surface area contributed by atoms with Crippen molar-refractivity contribution in [3.8, 4) is 6.07 Å². The fourth-order valence-corrected chi connectivity index (χ4v) is 5.87. The first-order chi connectivity index (χ1) is 19.9. The van der Waals surface area contributed by atoms with Gasteiger partial charge in [0.15, 0.2) is 17.0 Å². The molecule has 1 amide bonds. The van der Waals surface area contributed by atoms with E-state index in [1.54, 1.807) is 11.3 Å². The lowest BCUT2D eigenvalue weighted by atomic mass is 10.0. The third-order valence-electron chi connectivity index (χ3n) is 8.25. The highest BCUT2D eigenvalue weighted by atomic mass is 16.2. The molecule has 1 aliphatic heterocycles. The van der Waals surface area contributed by atoms with E-state index in [9.17, 15) is 10.1 Å². The average molecular weight is 559 g/mol. The van der Waals surface area contributed by atoms with Crippen LogP contribution < -0.4 is 10.3 Å². The zero-order chi connectivity index (χ0) is 28.9. The summed E-state index contributed by atoms with van der Waals surface area (Å²) in [6.45, 7) is 7.84. The van der Waals surface area contributed by atoms with Crippen LogP contribution in [0.2, 0.25) is 0 Å². The number of benzene rings is 1. The fourth-order valence-electron chi connectivity index (χ4n) is 5.87. The summed E-state index contributed by atoms with van der Waals surface area (Å²) in [6.07, 6.45) is 7.48. The van der Waals surface area contributed by atoms with Crippen LogP contribution in [0.5, 0.6) is 0 Å². The van der Waals surface area contributed by atoms with Crippen LogP contribution in [0.25, 0.3) is 11.2 Å². The highest BCUT2D eigenvalue weighted by molar-refractivity contribution is 5.96. The van der Waals surface area contributed by atoms with Crippen LogP contribution in [0.4, 0.5) is 11.5 Å². The Morgan fingerprint density at radius 3 is 2.59 bits per heavy atom. The summed E-state index contributed by atoms with van der Waals surface area (Å²) < 4.78 is 1.96.